The van der Waals surface area contributed by atoms with Gasteiger partial charge in [0.1, 0.15) is 6.54 Å². The number of sulfone groups is 1. The van der Waals surface area contributed by atoms with Gasteiger partial charge in [-0.15, -0.1) is 0 Å². The number of carbonyl (C=O) groups excluding carboxylic acids is 1. The molecule has 1 amide bonds. The van der Waals surface area contributed by atoms with Gasteiger partial charge in [-0.05, 0) is 25.1 Å². The Labute approximate surface area is 143 Å². The molecule has 0 saturated heterocycles. The van der Waals surface area contributed by atoms with Gasteiger partial charge in [-0.2, -0.15) is 0 Å². The molecular formula is C18H23N2O3S+. The van der Waals surface area contributed by atoms with E-state index in [1.165, 1.54) is 17.7 Å². The lowest BCUT2D eigenvalue weighted by Crippen LogP contribution is -3.11. The summed E-state index contributed by atoms with van der Waals surface area (Å²) in [6.45, 7) is 3.96. The minimum atomic E-state index is -3.29. The van der Waals surface area contributed by atoms with Crippen molar-refractivity contribution < 1.29 is 18.1 Å². The van der Waals surface area contributed by atoms with E-state index in [1.54, 1.807) is 12.1 Å². The molecule has 0 fully saturated rings. The van der Waals surface area contributed by atoms with Crippen molar-refractivity contribution in [3.8, 4) is 0 Å². The quantitative estimate of drug-likeness (QED) is 0.789. The van der Waals surface area contributed by atoms with E-state index in [9.17, 15) is 13.2 Å². The molecule has 2 rings (SSSR count). The predicted octanol–water partition coefficient (Wildman–Crippen LogP) is 1.13. The number of hydrogen-bond acceptors (Lipinski definition) is 3. The molecule has 2 N–H and O–H groups in total. The van der Waals surface area contributed by atoms with Crippen LogP contribution in [-0.2, 0) is 21.2 Å². The molecule has 128 valence electrons. The summed E-state index contributed by atoms with van der Waals surface area (Å²) in [6, 6.07) is 16.3. The highest BCUT2D eigenvalue weighted by Crippen LogP contribution is 2.14. The van der Waals surface area contributed by atoms with Crippen LogP contribution in [-0.4, -0.2) is 33.7 Å². The van der Waals surface area contributed by atoms with Crippen molar-refractivity contribution in [2.24, 2.45) is 0 Å². The maximum atomic E-state index is 12.3. The second kappa shape index (κ2) is 8.08. The topological polar surface area (TPSA) is 67.7 Å². The first kappa shape index (κ1) is 18.2. The van der Waals surface area contributed by atoms with Gasteiger partial charge in [0.05, 0.1) is 11.4 Å². The molecule has 0 heterocycles. The Bertz CT molecular complexity index is 789. The normalized spacial score (nSPS) is 12.6. The number of amides is 1. The third-order valence-electron chi connectivity index (χ3n) is 3.75. The molecule has 0 spiro atoms. The van der Waals surface area contributed by atoms with Gasteiger partial charge < -0.3 is 10.2 Å². The third-order valence-corrected chi connectivity index (χ3v) is 4.86. The molecule has 0 aromatic heterocycles. The summed E-state index contributed by atoms with van der Waals surface area (Å²) in [5.41, 5.74) is 1.68. The average molecular weight is 347 g/mol. The monoisotopic (exact) mass is 347 g/mol. The highest BCUT2D eigenvalue weighted by atomic mass is 32.2. The first-order chi connectivity index (χ1) is 11.4. The molecule has 0 aliphatic heterocycles. The second-order valence-electron chi connectivity index (χ2n) is 5.79. The second-order valence-corrected chi connectivity index (χ2v) is 7.81. The number of carbonyl (C=O) groups is 1. The smallest absolute Gasteiger partial charge is 0.279 e. The van der Waals surface area contributed by atoms with Gasteiger partial charge in [0.15, 0.2) is 16.4 Å². The Kier molecular flexibility index (Phi) is 6.11. The van der Waals surface area contributed by atoms with Gasteiger partial charge >= 0.3 is 0 Å². The Morgan fingerprint density at radius 2 is 1.79 bits per heavy atom. The number of benzene rings is 2. The summed E-state index contributed by atoms with van der Waals surface area (Å²) in [5.74, 6) is -0.131. The van der Waals surface area contributed by atoms with Crippen LogP contribution in [0.5, 0.6) is 0 Å². The molecule has 0 aliphatic rings. The van der Waals surface area contributed by atoms with Crippen molar-refractivity contribution in [3.05, 3.63) is 60.2 Å². The molecule has 1 atom stereocenters. The van der Waals surface area contributed by atoms with Crippen LogP contribution in [0.3, 0.4) is 0 Å². The van der Waals surface area contributed by atoms with Crippen molar-refractivity contribution in [1.29, 1.82) is 0 Å². The van der Waals surface area contributed by atoms with Gasteiger partial charge in [0.2, 0.25) is 0 Å². The standard InChI is InChI=1S/C18H22N2O3S/c1-3-20(13-15-8-5-4-6-9-15)14-18(21)19-16-10-7-11-17(12-16)24(2,22)23/h4-12H,3,13-14H2,1-2H3,(H,19,21)/p+1. The highest BCUT2D eigenvalue weighted by Gasteiger charge is 2.14. The van der Waals surface area contributed by atoms with Gasteiger partial charge in [0.25, 0.3) is 5.91 Å². The van der Waals surface area contributed by atoms with Crippen LogP contribution in [0.15, 0.2) is 59.5 Å². The maximum absolute atomic E-state index is 12.3. The summed E-state index contributed by atoms with van der Waals surface area (Å²) in [6.07, 6.45) is 1.15. The fourth-order valence-corrected chi connectivity index (χ4v) is 3.10. The number of anilines is 1. The van der Waals surface area contributed by atoms with E-state index in [0.717, 1.165) is 24.2 Å². The van der Waals surface area contributed by atoms with Crippen LogP contribution < -0.4 is 10.2 Å². The fourth-order valence-electron chi connectivity index (χ4n) is 2.43. The largest absolute Gasteiger partial charge is 0.324 e. The summed E-state index contributed by atoms with van der Waals surface area (Å²) in [4.78, 5) is 13.6. The van der Waals surface area contributed by atoms with Crippen molar-refractivity contribution >= 4 is 21.4 Å². The average Bonchev–Trinajstić information content (AvgIpc) is 2.54. The Balaban J connectivity index is 1.99. The van der Waals surface area contributed by atoms with E-state index in [0.29, 0.717) is 12.2 Å². The molecule has 24 heavy (non-hydrogen) atoms. The van der Waals surface area contributed by atoms with Gasteiger partial charge in [-0.25, -0.2) is 8.42 Å². The van der Waals surface area contributed by atoms with E-state index in [2.05, 4.69) is 5.32 Å². The number of rotatable bonds is 7. The van der Waals surface area contributed by atoms with Crippen LogP contribution in [0, 0.1) is 0 Å². The van der Waals surface area contributed by atoms with Crippen LogP contribution in [0.2, 0.25) is 0 Å². The Hall–Kier alpha value is -2.18. The SMILES string of the molecule is CC[NH+](CC(=O)Nc1cccc(S(C)(=O)=O)c1)Cc1ccccc1. The van der Waals surface area contributed by atoms with E-state index < -0.39 is 9.84 Å². The number of hydrogen-bond donors (Lipinski definition) is 2. The molecule has 0 aliphatic carbocycles. The molecule has 5 nitrogen and oxygen atoms in total. The Morgan fingerprint density at radius 3 is 2.42 bits per heavy atom. The lowest BCUT2D eigenvalue weighted by atomic mass is 10.2. The lowest BCUT2D eigenvalue weighted by molar-refractivity contribution is -0.903. The summed E-state index contributed by atoms with van der Waals surface area (Å²) < 4.78 is 23.2. The zero-order valence-corrected chi connectivity index (χ0v) is 14.8. The van der Waals surface area contributed by atoms with Crippen LogP contribution in [0.1, 0.15) is 12.5 Å². The third kappa shape index (κ3) is 5.47. The molecule has 0 radical (unpaired) electrons. The molecule has 2 aromatic carbocycles. The predicted molar refractivity (Wildman–Crippen MR) is 94.7 cm³/mol. The lowest BCUT2D eigenvalue weighted by Gasteiger charge is -2.17. The minimum absolute atomic E-state index is 0.131. The number of quaternary nitrogens is 1. The number of nitrogens with one attached hydrogen (secondary N) is 2. The summed E-state index contributed by atoms with van der Waals surface area (Å²) in [5, 5.41) is 2.78. The van der Waals surface area contributed by atoms with E-state index in [1.807, 2.05) is 37.3 Å². The van der Waals surface area contributed by atoms with Gasteiger partial charge in [-0.1, -0.05) is 36.4 Å². The van der Waals surface area contributed by atoms with Crippen LogP contribution in [0.4, 0.5) is 5.69 Å². The zero-order valence-electron chi connectivity index (χ0n) is 14.0. The molecular weight excluding hydrogens is 324 g/mol. The molecule has 1 unspecified atom stereocenters. The molecule has 0 saturated carbocycles. The molecule has 0 bridgehead atoms. The summed E-state index contributed by atoms with van der Waals surface area (Å²) in [7, 11) is -3.29. The molecule has 2 aromatic rings. The van der Waals surface area contributed by atoms with Crippen molar-refractivity contribution in [2.45, 2.75) is 18.4 Å². The number of likely N-dealkylation sites (N-methyl/N-ethyl adjacent to an activating group) is 1. The van der Waals surface area contributed by atoms with Crippen molar-refractivity contribution in [1.82, 2.24) is 0 Å². The maximum Gasteiger partial charge on any atom is 0.279 e. The molecule has 6 heteroatoms. The fraction of sp³-hybridized carbons (Fsp3) is 0.278. The van der Waals surface area contributed by atoms with Crippen LogP contribution >= 0.6 is 0 Å². The first-order valence-corrected chi connectivity index (χ1v) is 9.75. The van der Waals surface area contributed by atoms with Gasteiger partial charge in [0, 0.05) is 17.5 Å². The Morgan fingerprint density at radius 1 is 1.08 bits per heavy atom. The van der Waals surface area contributed by atoms with Gasteiger partial charge in [-0.3, -0.25) is 4.79 Å². The first-order valence-electron chi connectivity index (χ1n) is 7.86. The van der Waals surface area contributed by atoms with Crippen molar-refractivity contribution in [2.75, 3.05) is 24.7 Å². The highest BCUT2D eigenvalue weighted by molar-refractivity contribution is 7.90. The minimum Gasteiger partial charge on any atom is -0.324 e. The van der Waals surface area contributed by atoms with Crippen molar-refractivity contribution in [3.63, 3.8) is 0 Å². The van der Waals surface area contributed by atoms with E-state index in [4.69, 9.17) is 0 Å². The summed E-state index contributed by atoms with van der Waals surface area (Å²) >= 11 is 0. The van der Waals surface area contributed by atoms with Crippen LogP contribution in [0.25, 0.3) is 0 Å². The van der Waals surface area contributed by atoms with E-state index >= 15 is 0 Å². The van der Waals surface area contributed by atoms with E-state index in [-0.39, 0.29) is 10.8 Å². The zero-order chi connectivity index (χ0) is 17.6.